The van der Waals surface area contributed by atoms with Crippen LogP contribution in [0.25, 0.3) is 0 Å². The lowest BCUT2D eigenvalue weighted by Crippen LogP contribution is -2.25. The van der Waals surface area contributed by atoms with Crippen molar-refractivity contribution in [3.05, 3.63) is 77.9 Å². The molecule has 0 unspecified atom stereocenters. The van der Waals surface area contributed by atoms with Gasteiger partial charge in [0.25, 0.3) is 0 Å². The summed E-state index contributed by atoms with van der Waals surface area (Å²) in [6.45, 7) is 1.15. The van der Waals surface area contributed by atoms with Gasteiger partial charge in [-0.2, -0.15) is 5.10 Å². The summed E-state index contributed by atoms with van der Waals surface area (Å²) in [7, 11) is 1.59. The maximum atomic E-state index is 12.2. The largest absolute Gasteiger partial charge is 0.497 e. The number of ether oxygens (including phenoxy) is 1. The number of methoxy groups -OCH3 is 1. The van der Waals surface area contributed by atoms with Crippen LogP contribution in [-0.4, -0.2) is 27.8 Å². The zero-order valence-corrected chi connectivity index (χ0v) is 14.1. The standard InChI is InChI=1S/C19H20N4O2/c1-25-18-7-9-20-17(11-18)12-19(24)21-13-15-5-2-3-6-16(15)14-23-10-4-8-22-23/h2-11H,12-14H2,1H3,(H,21,24). The fraction of sp³-hybridized carbons (Fsp3) is 0.211. The van der Waals surface area contributed by atoms with Crippen molar-refractivity contribution in [3.8, 4) is 5.75 Å². The summed E-state index contributed by atoms with van der Waals surface area (Å²) in [4.78, 5) is 16.4. The van der Waals surface area contributed by atoms with Crippen molar-refractivity contribution in [2.45, 2.75) is 19.5 Å². The number of hydrogen-bond acceptors (Lipinski definition) is 4. The molecule has 128 valence electrons. The Morgan fingerprint density at radius 3 is 2.76 bits per heavy atom. The molecule has 0 atom stereocenters. The lowest BCUT2D eigenvalue weighted by molar-refractivity contribution is -0.120. The highest BCUT2D eigenvalue weighted by Gasteiger charge is 2.08. The van der Waals surface area contributed by atoms with Gasteiger partial charge in [0.2, 0.25) is 5.91 Å². The zero-order chi connectivity index (χ0) is 17.5. The van der Waals surface area contributed by atoms with Crippen LogP contribution in [0.15, 0.2) is 61.1 Å². The van der Waals surface area contributed by atoms with Gasteiger partial charge in [0.05, 0.1) is 25.8 Å². The number of carbonyl (C=O) groups is 1. The van der Waals surface area contributed by atoms with Gasteiger partial charge in [0.15, 0.2) is 0 Å². The van der Waals surface area contributed by atoms with Crippen LogP contribution in [0.2, 0.25) is 0 Å². The summed E-state index contributed by atoms with van der Waals surface area (Å²) in [6, 6.07) is 13.4. The monoisotopic (exact) mass is 336 g/mol. The van der Waals surface area contributed by atoms with E-state index in [1.165, 1.54) is 0 Å². The van der Waals surface area contributed by atoms with Crippen LogP contribution >= 0.6 is 0 Å². The number of carbonyl (C=O) groups excluding carboxylic acids is 1. The molecule has 3 rings (SSSR count). The molecule has 0 aliphatic rings. The van der Waals surface area contributed by atoms with E-state index in [1.807, 2.05) is 41.2 Å². The maximum absolute atomic E-state index is 12.2. The van der Waals surface area contributed by atoms with E-state index in [1.54, 1.807) is 31.6 Å². The highest BCUT2D eigenvalue weighted by atomic mass is 16.5. The minimum absolute atomic E-state index is 0.0744. The summed E-state index contributed by atoms with van der Waals surface area (Å²) in [6.07, 6.45) is 5.54. The highest BCUT2D eigenvalue weighted by Crippen LogP contribution is 2.12. The van der Waals surface area contributed by atoms with Crippen LogP contribution in [0.3, 0.4) is 0 Å². The summed E-state index contributed by atoms with van der Waals surface area (Å²) < 4.78 is 7.01. The molecule has 0 saturated heterocycles. The first-order chi connectivity index (χ1) is 12.2. The van der Waals surface area contributed by atoms with E-state index in [0.717, 1.165) is 11.1 Å². The number of amides is 1. The van der Waals surface area contributed by atoms with Gasteiger partial charge in [0, 0.05) is 31.2 Å². The van der Waals surface area contributed by atoms with E-state index < -0.39 is 0 Å². The Labute approximate surface area is 146 Å². The number of nitrogens with zero attached hydrogens (tertiary/aromatic N) is 3. The van der Waals surface area contributed by atoms with Crippen LogP contribution in [-0.2, 0) is 24.3 Å². The fourth-order valence-electron chi connectivity index (χ4n) is 2.55. The van der Waals surface area contributed by atoms with Crippen LogP contribution in [0, 0.1) is 0 Å². The van der Waals surface area contributed by atoms with Gasteiger partial charge in [-0.05, 0) is 23.3 Å². The normalized spacial score (nSPS) is 10.4. The Bertz CT molecular complexity index is 831. The molecule has 6 heteroatoms. The van der Waals surface area contributed by atoms with Crippen LogP contribution in [0.1, 0.15) is 16.8 Å². The predicted molar refractivity (Wildman–Crippen MR) is 94.1 cm³/mol. The van der Waals surface area contributed by atoms with E-state index in [4.69, 9.17) is 4.74 Å². The Kier molecular flexibility index (Phi) is 5.41. The Morgan fingerprint density at radius 2 is 2.00 bits per heavy atom. The molecule has 0 radical (unpaired) electrons. The van der Waals surface area contributed by atoms with E-state index >= 15 is 0 Å². The van der Waals surface area contributed by atoms with Crippen molar-refractivity contribution < 1.29 is 9.53 Å². The number of pyridine rings is 1. The molecule has 0 spiro atoms. The Hall–Kier alpha value is -3.15. The molecule has 25 heavy (non-hydrogen) atoms. The third-order valence-corrected chi connectivity index (χ3v) is 3.85. The Morgan fingerprint density at radius 1 is 1.16 bits per heavy atom. The third kappa shape index (κ3) is 4.67. The minimum atomic E-state index is -0.0744. The Balaban J connectivity index is 1.60. The van der Waals surface area contributed by atoms with E-state index in [0.29, 0.717) is 24.5 Å². The first-order valence-corrected chi connectivity index (χ1v) is 8.04. The molecule has 0 bridgehead atoms. The second kappa shape index (κ2) is 8.10. The van der Waals surface area contributed by atoms with Crippen LogP contribution in [0.4, 0.5) is 0 Å². The number of benzene rings is 1. The molecule has 2 aromatic heterocycles. The average molecular weight is 336 g/mol. The van der Waals surface area contributed by atoms with Gasteiger partial charge in [-0.25, -0.2) is 0 Å². The van der Waals surface area contributed by atoms with Gasteiger partial charge in [-0.3, -0.25) is 14.5 Å². The molecule has 0 saturated carbocycles. The van der Waals surface area contributed by atoms with Crippen molar-refractivity contribution in [2.24, 2.45) is 0 Å². The number of aromatic nitrogens is 3. The lowest BCUT2D eigenvalue weighted by atomic mass is 10.1. The maximum Gasteiger partial charge on any atom is 0.226 e. The first-order valence-electron chi connectivity index (χ1n) is 8.04. The minimum Gasteiger partial charge on any atom is -0.497 e. The summed E-state index contributed by atoms with van der Waals surface area (Å²) >= 11 is 0. The zero-order valence-electron chi connectivity index (χ0n) is 14.1. The summed E-state index contributed by atoms with van der Waals surface area (Å²) in [5.74, 6) is 0.622. The van der Waals surface area contributed by atoms with E-state index in [-0.39, 0.29) is 12.3 Å². The molecular formula is C19H20N4O2. The molecule has 0 aliphatic carbocycles. The second-order valence-corrected chi connectivity index (χ2v) is 5.61. The number of nitrogens with one attached hydrogen (secondary N) is 1. The second-order valence-electron chi connectivity index (χ2n) is 5.61. The molecular weight excluding hydrogens is 316 g/mol. The SMILES string of the molecule is COc1ccnc(CC(=O)NCc2ccccc2Cn2cccn2)c1. The lowest BCUT2D eigenvalue weighted by Gasteiger charge is -2.11. The molecule has 0 fully saturated rings. The smallest absolute Gasteiger partial charge is 0.226 e. The quantitative estimate of drug-likeness (QED) is 0.718. The van der Waals surface area contributed by atoms with Crippen molar-refractivity contribution in [2.75, 3.05) is 7.11 Å². The van der Waals surface area contributed by atoms with E-state index in [2.05, 4.69) is 15.4 Å². The summed E-state index contributed by atoms with van der Waals surface area (Å²) in [5, 5.41) is 7.18. The predicted octanol–water partition coefficient (Wildman–Crippen LogP) is 2.19. The average Bonchev–Trinajstić information content (AvgIpc) is 3.14. The molecule has 6 nitrogen and oxygen atoms in total. The molecule has 2 heterocycles. The third-order valence-electron chi connectivity index (χ3n) is 3.85. The molecule has 3 aromatic rings. The van der Waals surface area contributed by atoms with Crippen molar-refractivity contribution >= 4 is 5.91 Å². The highest BCUT2D eigenvalue weighted by molar-refractivity contribution is 5.78. The molecule has 1 amide bonds. The number of rotatable bonds is 7. The summed E-state index contributed by atoms with van der Waals surface area (Å²) in [5.41, 5.74) is 2.89. The number of hydrogen-bond donors (Lipinski definition) is 1. The van der Waals surface area contributed by atoms with Gasteiger partial charge < -0.3 is 10.1 Å². The molecule has 1 aromatic carbocycles. The van der Waals surface area contributed by atoms with Gasteiger partial charge in [-0.15, -0.1) is 0 Å². The van der Waals surface area contributed by atoms with Gasteiger partial charge in [-0.1, -0.05) is 24.3 Å². The van der Waals surface area contributed by atoms with Crippen molar-refractivity contribution in [1.29, 1.82) is 0 Å². The van der Waals surface area contributed by atoms with E-state index in [9.17, 15) is 4.79 Å². The molecule has 1 N–H and O–H groups in total. The van der Waals surface area contributed by atoms with Crippen LogP contribution < -0.4 is 10.1 Å². The van der Waals surface area contributed by atoms with Crippen LogP contribution in [0.5, 0.6) is 5.75 Å². The van der Waals surface area contributed by atoms with Crippen molar-refractivity contribution in [3.63, 3.8) is 0 Å². The van der Waals surface area contributed by atoms with Crippen molar-refractivity contribution in [1.82, 2.24) is 20.1 Å². The fourth-order valence-corrected chi connectivity index (χ4v) is 2.55. The molecule has 0 aliphatic heterocycles. The van der Waals surface area contributed by atoms with Gasteiger partial charge in [0.1, 0.15) is 5.75 Å². The topological polar surface area (TPSA) is 69.0 Å². The van der Waals surface area contributed by atoms with Gasteiger partial charge >= 0.3 is 0 Å². The first kappa shape index (κ1) is 16.7.